The summed E-state index contributed by atoms with van der Waals surface area (Å²) in [5.41, 5.74) is 0.0563. The van der Waals surface area contributed by atoms with Gasteiger partial charge < -0.3 is 14.8 Å². The number of rotatable bonds is 2. The second kappa shape index (κ2) is 7.91. The fourth-order valence-corrected chi connectivity index (χ4v) is 0.941. The fraction of sp³-hybridized carbons (Fsp3) is 0.417. The topological polar surface area (TPSA) is 44.6 Å². The first kappa shape index (κ1) is 19.0. The van der Waals surface area contributed by atoms with E-state index in [0.29, 0.717) is 11.4 Å². The van der Waals surface area contributed by atoms with Gasteiger partial charge in [0.05, 0.1) is 7.11 Å². The van der Waals surface area contributed by atoms with Crippen LogP contribution in [0.5, 0.6) is 5.75 Å². The third kappa shape index (κ3) is 5.71. The molecule has 1 rings (SSSR count). The standard InChI is InChI=1S/C12H16NO2.2Li/c1-12(2,3)11(14)13-9-7-5-6-8-10(9)15-4;;/h5-7H,1-4H3,(H,13,14);;/q-1;2*+1/p-1. The van der Waals surface area contributed by atoms with E-state index in [1.165, 1.54) is 7.11 Å². The Balaban J connectivity index is 0. The van der Waals surface area contributed by atoms with E-state index in [2.05, 4.69) is 11.1 Å². The molecule has 0 spiro atoms. The van der Waals surface area contributed by atoms with Crippen molar-refractivity contribution in [3.8, 4) is 5.75 Å². The van der Waals surface area contributed by atoms with Crippen LogP contribution in [0.15, 0.2) is 23.2 Å². The third-order valence-electron chi connectivity index (χ3n) is 1.87. The van der Waals surface area contributed by atoms with Crippen molar-refractivity contribution in [2.45, 2.75) is 20.8 Å². The summed E-state index contributed by atoms with van der Waals surface area (Å²) in [6.07, 6.45) is 0. The van der Waals surface area contributed by atoms with Crippen LogP contribution in [0.2, 0.25) is 0 Å². The maximum absolute atomic E-state index is 11.7. The molecule has 0 saturated carbocycles. The molecule has 82 valence electrons. The molecule has 5 heteroatoms. The van der Waals surface area contributed by atoms with Crippen LogP contribution in [0, 0.1) is 11.5 Å². The van der Waals surface area contributed by atoms with Gasteiger partial charge in [-0.1, -0.05) is 20.8 Å². The van der Waals surface area contributed by atoms with Crippen LogP contribution in [0.25, 0.3) is 0 Å². The number of aliphatic imine (C=N–C) groups is 1. The van der Waals surface area contributed by atoms with E-state index < -0.39 is 5.41 Å². The Morgan fingerprint density at radius 2 is 1.94 bits per heavy atom. The molecule has 0 aromatic heterocycles. The van der Waals surface area contributed by atoms with Gasteiger partial charge in [0.1, 0.15) is 0 Å². The fourth-order valence-electron chi connectivity index (χ4n) is 0.941. The second-order valence-electron chi connectivity index (χ2n) is 4.26. The Morgan fingerprint density at radius 3 is 2.41 bits per heavy atom. The van der Waals surface area contributed by atoms with Gasteiger partial charge in [0, 0.05) is 5.75 Å². The van der Waals surface area contributed by atoms with Crippen molar-refractivity contribution < 1.29 is 47.6 Å². The molecule has 17 heavy (non-hydrogen) atoms. The van der Waals surface area contributed by atoms with E-state index in [0.717, 1.165) is 0 Å². The average Bonchev–Trinajstić information content (AvgIpc) is 2.17. The zero-order chi connectivity index (χ0) is 11.5. The zero-order valence-corrected chi connectivity index (χ0v) is 11.5. The molecular formula is C12H15Li2NO2. The van der Waals surface area contributed by atoms with Gasteiger partial charge >= 0.3 is 37.7 Å². The molecule has 0 amide bonds. The van der Waals surface area contributed by atoms with Crippen LogP contribution >= 0.6 is 0 Å². The van der Waals surface area contributed by atoms with Crippen molar-refractivity contribution in [1.29, 1.82) is 0 Å². The maximum atomic E-state index is 11.7. The molecule has 0 N–H and O–H groups in total. The Bertz CT molecular complexity index is 373. The Hall–Kier alpha value is -0.315. The summed E-state index contributed by atoms with van der Waals surface area (Å²) < 4.78 is 5.06. The number of methoxy groups -OCH3 is 1. The molecule has 0 bridgehead atoms. The zero-order valence-electron chi connectivity index (χ0n) is 11.5. The molecule has 1 aromatic carbocycles. The number of ether oxygens (including phenoxy) is 1. The van der Waals surface area contributed by atoms with Crippen LogP contribution in [0.3, 0.4) is 0 Å². The van der Waals surface area contributed by atoms with Crippen LogP contribution in [-0.4, -0.2) is 13.0 Å². The van der Waals surface area contributed by atoms with E-state index in [1.54, 1.807) is 18.2 Å². The molecule has 0 unspecified atom stereocenters. The van der Waals surface area contributed by atoms with Crippen LogP contribution in [-0.2, 0) is 0 Å². The molecule has 1 aromatic rings. The average molecular weight is 219 g/mol. The number of hydrogen-bond donors (Lipinski definition) is 0. The molecule has 0 aliphatic carbocycles. The molecule has 0 aliphatic heterocycles. The monoisotopic (exact) mass is 219 g/mol. The normalized spacial score (nSPS) is 11.2. The van der Waals surface area contributed by atoms with E-state index >= 15 is 0 Å². The van der Waals surface area contributed by atoms with Gasteiger partial charge in [0.2, 0.25) is 0 Å². The minimum absolute atomic E-state index is 0. The number of benzene rings is 1. The van der Waals surface area contributed by atoms with Crippen LogP contribution in [0.4, 0.5) is 5.69 Å². The largest absolute Gasteiger partial charge is 1.00 e. The summed E-state index contributed by atoms with van der Waals surface area (Å²) in [4.78, 5) is 4.01. The summed E-state index contributed by atoms with van der Waals surface area (Å²) in [6.45, 7) is 5.49. The SMILES string of the molecule is COc1[c-]cccc1N=C([O-])C(C)(C)C.[Li+].[Li+]. The van der Waals surface area contributed by atoms with Crippen molar-refractivity contribution in [2.75, 3.05) is 7.11 Å². The predicted octanol–water partition coefficient (Wildman–Crippen LogP) is -4.06. The molecule has 0 radical (unpaired) electrons. The first-order chi connectivity index (χ1) is 6.95. The van der Waals surface area contributed by atoms with Crippen molar-refractivity contribution in [1.82, 2.24) is 0 Å². The van der Waals surface area contributed by atoms with Gasteiger partial charge in [0.15, 0.2) is 0 Å². The van der Waals surface area contributed by atoms with Crippen molar-refractivity contribution in [3.05, 3.63) is 24.3 Å². The Morgan fingerprint density at radius 1 is 1.35 bits per heavy atom. The van der Waals surface area contributed by atoms with Gasteiger partial charge in [0.25, 0.3) is 0 Å². The number of hydrogen-bond acceptors (Lipinski definition) is 3. The first-order valence-electron chi connectivity index (χ1n) is 4.76. The van der Waals surface area contributed by atoms with Crippen molar-refractivity contribution >= 4 is 11.6 Å². The number of para-hydroxylation sites is 1. The maximum Gasteiger partial charge on any atom is 1.00 e. The van der Waals surface area contributed by atoms with Crippen LogP contribution < -0.4 is 47.6 Å². The van der Waals surface area contributed by atoms with Crippen molar-refractivity contribution in [3.63, 3.8) is 0 Å². The number of nitrogens with zero attached hydrogens (tertiary/aromatic N) is 1. The molecular weight excluding hydrogens is 204 g/mol. The quantitative estimate of drug-likeness (QED) is 0.220. The van der Waals surface area contributed by atoms with Gasteiger partial charge in [-0.05, 0) is 17.0 Å². The van der Waals surface area contributed by atoms with E-state index in [4.69, 9.17) is 4.74 Å². The van der Waals surface area contributed by atoms with Crippen LogP contribution in [0.1, 0.15) is 20.8 Å². The van der Waals surface area contributed by atoms with Gasteiger partial charge in [-0.3, -0.25) is 0 Å². The second-order valence-corrected chi connectivity index (χ2v) is 4.26. The molecule has 0 saturated heterocycles. The third-order valence-corrected chi connectivity index (χ3v) is 1.87. The van der Waals surface area contributed by atoms with Crippen molar-refractivity contribution in [2.24, 2.45) is 10.4 Å². The molecule has 0 fully saturated rings. The summed E-state index contributed by atoms with van der Waals surface area (Å²) in [5.74, 6) is 0.329. The van der Waals surface area contributed by atoms with Gasteiger partial charge in [-0.2, -0.15) is 12.1 Å². The minimum atomic E-state index is -0.471. The molecule has 0 aliphatic rings. The Kier molecular flexibility index (Phi) is 8.85. The Labute approximate surface area is 127 Å². The minimum Gasteiger partial charge on any atom is -0.862 e. The van der Waals surface area contributed by atoms with E-state index in [9.17, 15) is 5.11 Å². The summed E-state index contributed by atoms with van der Waals surface area (Å²) in [5, 5.41) is 11.7. The summed E-state index contributed by atoms with van der Waals surface area (Å²) in [6, 6.07) is 8.11. The predicted molar refractivity (Wildman–Crippen MR) is 58.4 cm³/mol. The van der Waals surface area contributed by atoms with E-state index in [-0.39, 0.29) is 43.6 Å². The molecule has 3 nitrogen and oxygen atoms in total. The smallest absolute Gasteiger partial charge is 0.862 e. The first-order valence-corrected chi connectivity index (χ1v) is 4.76. The summed E-state index contributed by atoms with van der Waals surface area (Å²) >= 11 is 0. The van der Waals surface area contributed by atoms with Gasteiger partial charge in [-0.15, -0.1) is 12.1 Å². The molecule has 0 atom stereocenters. The van der Waals surface area contributed by atoms with Gasteiger partial charge in [-0.25, -0.2) is 0 Å². The molecule has 0 heterocycles. The van der Waals surface area contributed by atoms with E-state index in [1.807, 2.05) is 20.8 Å². The summed E-state index contributed by atoms with van der Waals surface area (Å²) in [7, 11) is 1.53.